The standard InChI is InChI=1S/C22H21N7O/c1-30-21-10-19-17(9-18(21)23)22(24)28(13-26-19)16-5-6-20-14(8-16)11-27-29(20)12-15-4-2-3-7-25-15/h2-11,13,22H,12,23-24H2,1H3. The lowest BCUT2D eigenvalue weighted by Gasteiger charge is -2.31. The van der Waals surface area contributed by atoms with Gasteiger partial charge in [-0.3, -0.25) is 9.67 Å². The Hall–Kier alpha value is -3.91. The number of benzene rings is 2. The van der Waals surface area contributed by atoms with E-state index in [-0.39, 0.29) is 0 Å². The summed E-state index contributed by atoms with van der Waals surface area (Å²) in [6.45, 7) is 0.614. The van der Waals surface area contributed by atoms with E-state index in [4.69, 9.17) is 16.2 Å². The SMILES string of the molecule is COc1cc2c(cc1N)C(N)N(c1ccc3c(cnn3Cc3ccccn3)c1)C=N2. The van der Waals surface area contributed by atoms with Gasteiger partial charge in [-0.25, -0.2) is 4.99 Å². The van der Waals surface area contributed by atoms with Crippen LogP contribution in [0.5, 0.6) is 5.75 Å². The van der Waals surface area contributed by atoms with E-state index in [2.05, 4.69) is 21.1 Å². The molecule has 0 saturated carbocycles. The number of hydrogen-bond donors (Lipinski definition) is 2. The largest absolute Gasteiger partial charge is 0.495 e. The minimum Gasteiger partial charge on any atom is -0.495 e. The van der Waals surface area contributed by atoms with Crippen LogP contribution in [0.3, 0.4) is 0 Å². The Balaban J connectivity index is 1.47. The number of aromatic nitrogens is 3. The van der Waals surface area contributed by atoms with Crippen molar-refractivity contribution in [3.63, 3.8) is 0 Å². The van der Waals surface area contributed by atoms with Crippen LogP contribution in [0.1, 0.15) is 17.4 Å². The van der Waals surface area contributed by atoms with Crippen molar-refractivity contribution >= 4 is 34.3 Å². The summed E-state index contributed by atoms with van der Waals surface area (Å²) in [5.41, 5.74) is 17.7. The van der Waals surface area contributed by atoms with Crippen LogP contribution in [-0.2, 0) is 6.54 Å². The van der Waals surface area contributed by atoms with Crippen LogP contribution in [0.25, 0.3) is 10.9 Å². The van der Waals surface area contributed by atoms with Crippen LogP contribution in [-0.4, -0.2) is 28.2 Å². The summed E-state index contributed by atoms with van der Waals surface area (Å²) in [7, 11) is 1.58. The topological polar surface area (TPSA) is 108 Å². The van der Waals surface area contributed by atoms with Crippen molar-refractivity contribution in [3.8, 4) is 5.75 Å². The van der Waals surface area contributed by atoms with Gasteiger partial charge in [-0.2, -0.15) is 5.10 Å². The normalized spacial score (nSPS) is 15.4. The molecule has 0 amide bonds. The zero-order valence-electron chi connectivity index (χ0n) is 16.4. The number of anilines is 2. The number of pyridine rings is 1. The van der Waals surface area contributed by atoms with Crippen LogP contribution < -0.4 is 21.1 Å². The summed E-state index contributed by atoms with van der Waals surface area (Å²) in [6, 6.07) is 15.6. The highest BCUT2D eigenvalue weighted by Crippen LogP contribution is 2.38. The summed E-state index contributed by atoms with van der Waals surface area (Å²) in [6.07, 6.45) is 4.97. The molecular formula is C22H21N7O. The fourth-order valence-electron chi connectivity index (χ4n) is 3.71. The summed E-state index contributed by atoms with van der Waals surface area (Å²) in [4.78, 5) is 10.8. The van der Waals surface area contributed by atoms with Crippen molar-refractivity contribution in [1.29, 1.82) is 0 Å². The number of rotatable bonds is 4. The van der Waals surface area contributed by atoms with Gasteiger partial charge in [0.25, 0.3) is 0 Å². The van der Waals surface area contributed by atoms with E-state index in [1.807, 2.05) is 58.2 Å². The number of nitrogens with zero attached hydrogens (tertiary/aromatic N) is 5. The molecule has 1 aliphatic heterocycles. The number of methoxy groups -OCH3 is 1. The lowest BCUT2D eigenvalue weighted by Crippen LogP contribution is -2.35. The predicted molar refractivity (Wildman–Crippen MR) is 118 cm³/mol. The first kappa shape index (κ1) is 18.1. The fourth-order valence-corrected chi connectivity index (χ4v) is 3.71. The van der Waals surface area contributed by atoms with Crippen LogP contribution in [0.15, 0.2) is 65.9 Å². The lowest BCUT2D eigenvalue weighted by molar-refractivity contribution is 0.417. The zero-order chi connectivity index (χ0) is 20.7. The van der Waals surface area contributed by atoms with E-state index in [1.165, 1.54) is 0 Å². The van der Waals surface area contributed by atoms with Gasteiger partial charge in [0.1, 0.15) is 11.9 Å². The molecule has 30 heavy (non-hydrogen) atoms. The molecule has 4 N–H and O–H groups in total. The smallest absolute Gasteiger partial charge is 0.143 e. The van der Waals surface area contributed by atoms with Crippen LogP contribution in [0, 0.1) is 0 Å². The van der Waals surface area contributed by atoms with Crippen LogP contribution in [0.2, 0.25) is 0 Å². The molecular weight excluding hydrogens is 378 g/mol. The second kappa shape index (κ2) is 7.16. The van der Waals surface area contributed by atoms with E-state index < -0.39 is 6.17 Å². The molecule has 1 aliphatic rings. The quantitative estimate of drug-likeness (QED) is 0.510. The predicted octanol–water partition coefficient (Wildman–Crippen LogP) is 3.21. The van der Waals surface area contributed by atoms with Crippen molar-refractivity contribution in [1.82, 2.24) is 14.8 Å². The van der Waals surface area contributed by atoms with Gasteiger partial charge in [0, 0.05) is 28.9 Å². The number of fused-ring (bicyclic) bond motifs is 2. The Labute approximate surface area is 173 Å². The van der Waals surface area contributed by atoms with Gasteiger partial charge >= 0.3 is 0 Å². The van der Waals surface area contributed by atoms with E-state index in [9.17, 15) is 0 Å². The van der Waals surface area contributed by atoms with Gasteiger partial charge in [0.15, 0.2) is 0 Å². The van der Waals surface area contributed by atoms with Crippen molar-refractivity contribution in [2.24, 2.45) is 10.7 Å². The molecule has 0 aliphatic carbocycles. The molecule has 2 aromatic heterocycles. The molecule has 0 bridgehead atoms. The number of aliphatic imine (C=N–C) groups is 1. The minimum absolute atomic E-state index is 0.410. The first-order chi connectivity index (χ1) is 14.6. The minimum atomic E-state index is -0.410. The molecule has 0 radical (unpaired) electrons. The monoisotopic (exact) mass is 399 g/mol. The van der Waals surface area contributed by atoms with Gasteiger partial charge in [-0.1, -0.05) is 6.07 Å². The van der Waals surface area contributed by atoms with Crippen molar-refractivity contribution < 1.29 is 4.74 Å². The summed E-state index contributed by atoms with van der Waals surface area (Å²) in [5, 5.41) is 5.54. The second-order valence-electron chi connectivity index (χ2n) is 7.12. The van der Waals surface area contributed by atoms with E-state index in [0.29, 0.717) is 18.0 Å². The second-order valence-corrected chi connectivity index (χ2v) is 7.12. The van der Waals surface area contributed by atoms with Gasteiger partial charge in [-0.05, 0) is 36.4 Å². The molecule has 3 heterocycles. The van der Waals surface area contributed by atoms with Crippen molar-refractivity contribution in [3.05, 3.63) is 72.2 Å². The van der Waals surface area contributed by atoms with Crippen molar-refractivity contribution in [2.75, 3.05) is 17.7 Å². The van der Waals surface area contributed by atoms with Crippen molar-refractivity contribution in [2.45, 2.75) is 12.7 Å². The molecule has 8 nitrogen and oxygen atoms in total. The molecule has 1 atom stereocenters. The van der Waals surface area contributed by atoms with E-state index in [0.717, 1.165) is 33.5 Å². The number of ether oxygens (including phenoxy) is 1. The zero-order valence-corrected chi connectivity index (χ0v) is 16.4. The van der Waals surface area contributed by atoms with E-state index >= 15 is 0 Å². The Bertz CT molecular complexity index is 1250. The summed E-state index contributed by atoms with van der Waals surface area (Å²) < 4.78 is 7.22. The Morgan fingerprint density at radius 3 is 2.83 bits per heavy atom. The van der Waals surface area contributed by atoms with Crippen LogP contribution in [0.4, 0.5) is 17.1 Å². The van der Waals surface area contributed by atoms with Gasteiger partial charge in [0.2, 0.25) is 0 Å². The Morgan fingerprint density at radius 1 is 1.13 bits per heavy atom. The van der Waals surface area contributed by atoms with Gasteiger partial charge in [-0.15, -0.1) is 0 Å². The average Bonchev–Trinajstić information content (AvgIpc) is 3.16. The molecule has 0 fully saturated rings. The third-order valence-electron chi connectivity index (χ3n) is 5.28. The highest BCUT2D eigenvalue weighted by Gasteiger charge is 2.24. The number of nitrogens with two attached hydrogens (primary N) is 2. The number of nitrogen functional groups attached to an aromatic ring is 1. The molecule has 150 valence electrons. The maximum atomic E-state index is 6.54. The molecule has 0 saturated heterocycles. The van der Waals surface area contributed by atoms with E-state index in [1.54, 1.807) is 19.6 Å². The fraction of sp³-hybridized carbons (Fsp3) is 0.136. The Morgan fingerprint density at radius 2 is 2.03 bits per heavy atom. The molecule has 1 unspecified atom stereocenters. The summed E-state index contributed by atoms with van der Waals surface area (Å²) >= 11 is 0. The van der Waals surface area contributed by atoms with Crippen LogP contribution >= 0.6 is 0 Å². The first-order valence-corrected chi connectivity index (χ1v) is 9.55. The first-order valence-electron chi connectivity index (χ1n) is 9.55. The Kier molecular flexibility index (Phi) is 4.33. The molecule has 2 aromatic carbocycles. The summed E-state index contributed by atoms with van der Waals surface area (Å²) in [5.74, 6) is 0.591. The maximum absolute atomic E-state index is 6.54. The lowest BCUT2D eigenvalue weighted by atomic mass is 10.1. The molecule has 8 heteroatoms. The molecule has 5 rings (SSSR count). The average molecular weight is 399 g/mol. The third-order valence-corrected chi connectivity index (χ3v) is 5.28. The highest BCUT2D eigenvalue weighted by molar-refractivity contribution is 5.91. The van der Waals surface area contributed by atoms with Gasteiger partial charge < -0.3 is 21.1 Å². The van der Waals surface area contributed by atoms with Gasteiger partial charge in [0.05, 0.1) is 48.8 Å². The number of hydrogen-bond acceptors (Lipinski definition) is 7. The maximum Gasteiger partial charge on any atom is 0.143 e. The molecule has 4 aromatic rings. The highest BCUT2D eigenvalue weighted by atomic mass is 16.5. The molecule has 0 spiro atoms. The third kappa shape index (κ3) is 3.03.